The van der Waals surface area contributed by atoms with Crippen LogP contribution in [-0.4, -0.2) is 50.8 Å². The number of epoxide rings is 4. The van der Waals surface area contributed by atoms with Crippen LogP contribution in [0, 0.1) is 6.92 Å². The second kappa shape index (κ2) is 7.92. The maximum absolute atomic E-state index is 6.65. The number of benzene rings is 2. The summed E-state index contributed by atoms with van der Waals surface area (Å²) in [5.74, 6) is 1.48. The molecule has 4 N–H and O–H groups in total. The fraction of sp³-hybridized carbons (Fsp3) is 0.520. The highest BCUT2D eigenvalue weighted by Crippen LogP contribution is 2.44. The predicted molar refractivity (Wildman–Crippen MR) is 120 cm³/mol. The van der Waals surface area contributed by atoms with Gasteiger partial charge in [0.1, 0.15) is 5.75 Å². The predicted octanol–water partition coefficient (Wildman–Crippen LogP) is 2.72. The Balaban J connectivity index is 1.41. The highest BCUT2D eigenvalue weighted by atomic mass is 16.6. The van der Waals surface area contributed by atoms with Gasteiger partial charge in [0.15, 0.2) is 5.75 Å². The molecule has 2 aromatic rings. The molecule has 32 heavy (non-hydrogen) atoms. The van der Waals surface area contributed by atoms with E-state index in [0.29, 0.717) is 23.2 Å². The van der Waals surface area contributed by atoms with Crippen molar-refractivity contribution in [2.24, 2.45) is 0 Å². The zero-order valence-corrected chi connectivity index (χ0v) is 18.4. The van der Waals surface area contributed by atoms with Crippen LogP contribution in [-0.2, 0) is 44.6 Å². The van der Waals surface area contributed by atoms with Gasteiger partial charge >= 0.3 is 0 Å². The number of nitrogen functional groups attached to an aromatic ring is 2. The monoisotopic (exact) mass is 438 g/mol. The van der Waals surface area contributed by atoms with Gasteiger partial charge in [0.2, 0.25) is 0 Å². The summed E-state index contributed by atoms with van der Waals surface area (Å²) in [4.78, 5) is 0. The molecule has 2 aromatic carbocycles. The lowest BCUT2D eigenvalue weighted by atomic mass is 9.91. The van der Waals surface area contributed by atoms with E-state index in [4.69, 9.17) is 35.2 Å². The fourth-order valence-electron chi connectivity index (χ4n) is 4.53. The van der Waals surface area contributed by atoms with Crippen molar-refractivity contribution in [1.82, 2.24) is 0 Å². The molecule has 0 aromatic heterocycles. The van der Waals surface area contributed by atoms with Gasteiger partial charge in [-0.05, 0) is 29.7 Å². The topological polar surface area (TPSA) is 111 Å². The molecule has 7 nitrogen and oxygen atoms in total. The minimum Gasteiger partial charge on any atom is -0.455 e. The summed E-state index contributed by atoms with van der Waals surface area (Å²) in [6.07, 6.45) is 4.29. The van der Waals surface area contributed by atoms with E-state index in [1.807, 2.05) is 19.1 Å². The molecule has 4 heterocycles. The summed E-state index contributed by atoms with van der Waals surface area (Å²) in [7, 11) is 0. The number of hydrogen-bond acceptors (Lipinski definition) is 7. The number of anilines is 2. The van der Waals surface area contributed by atoms with Crippen LogP contribution in [0.15, 0.2) is 18.2 Å². The van der Waals surface area contributed by atoms with E-state index in [2.05, 4.69) is 6.07 Å². The molecule has 170 valence electrons. The molecule has 4 unspecified atom stereocenters. The number of nitrogens with two attached hydrogens (primary N) is 2. The lowest BCUT2D eigenvalue weighted by Crippen LogP contribution is -2.13. The standard InChI is InChI=1S/C25H30N2O5/c1-13-19(6-16-10-29-16)21(8-18-12-31-18)25(24(27)23(13)26)32-22-4-2-3-14(5-15-9-28-15)20(22)7-17-11-30-17/h2-4,15-18H,5-12,26-27H2,1H3. The first-order valence-electron chi connectivity index (χ1n) is 11.5. The van der Waals surface area contributed by atoms with Crippen molar-refractivity contribution in [3.05, 3.63) is 46.0 Å². The highest BCUT2D eigenvalue weighted by Gasteiger charge is 2.33. The van der Waals surface area contributed by atoms with E-state index < -0.39 is 0 Å². The molecule has 0 spiro atoms. The van der Waals surface area contributed by atoms with Crippen LogP contribution < -0.4 is 16.2 Å². The zero-order valence-electron chi connectivity index (χ0n) is 18.4. The summed E-state index contributed by atoms with van der Waals surface area (Å²) < 4.78 is 28.8. The fourth-order valence-corrected chi connectivity index (χ4v) is 4.53. The summed E-state index contributed by atoms with van der Waals surface area (Å²) in [5, 5.41) is 0. The Morgan fingerprint density at radius 2 is 1.28 bits per heavy atom. The normalized spacial score (nSPS) is 27.3. The molecule has 4 saturated heterocycles. The Bertz CT molecular complexity index is 1040. The molecule has 7 heteroatoms. The molecule has 6 rings (SSSR count). The SMILES string of the molecule is Cc1c(N)c(N)c(Oc2cccc(CC3CO3)c2CC2CO2)c(CC2CO2)c1CC1CO1. The minimum absolute atomic E-state index is 0.205. The van der Waals surface area contributed by atoms with Crippen molar-refractivity contribution in [2.75, 3.05) is 37.9 Å². The van der Waals surface area contributed by atoms with Crippen molar-refractivity contribution in [2.45, 2.75) is 57.0 Å². The van der Waals surface area contributed by atoms with Gasteiger partial charge in [-0.3, -0.25) is 0 Å². The second-order valence-electron chi connectivity index (χ2n) is 9.37. The number of hydrogen-bond donors (Lipinski definition) is 2. The molecule has 0 aliphatic carbocycles. The number of rotatable bonds is 10. The first-order valence-corrected chi connectivity index (χ1v) is 11.5. The minimum atomic E-state index is 0.205. The highest BCUT2D eigenvalue weighted by molar-refractivity contribution is 5.79. The average molecular weight is 439 g/mol. The van der Waals surface area contributed by atoms with Crippen molar-refractivity contribution < 1.29 is 23.7 Å². The summed E-state index contributed by atoms with van der Waals surface area (Å²) in [6, 6.07) is 6.22. The molecule has 4 atom stereocenters. The van der Waals surface area contributed by atoms with Crippen LogP contribution >= 0.6 is 0 Å². The third kappa shape index (κ3) is 4.30. The molecule has 0 radical (unpaired) electrons. The summed E-state index contributed by atoms with van der Waals surface area (Å²) >= 11 is 0. The van der Waals surface area contributed by atoms with Gasteiger partial charge in [0.25, 0.3) is 0 Å². The Morgan fingerprint density at radius 1 is 0.750 bits per heavy atom. The van der Waals surface area contributed by atoms with Crippen molar-refractivity contribution in [3.63, 3.8) is 0 Å². The maximum Gasteiger partial charge on any atom is 0.156 e. The van der Waals surface area contributed by atoms with Gasteiger partial charge < -0.3 is 35.2 Å². The van der Waals surface area contributed by atoms with Gasteiger partial charge in [0.05, 0.1) is 62.2 Å². The van der Waals surface area contributed by atoms with E-state index in [1.54, 1.807) is 0 Å². The van der Waals surface area contributed by atoms with E-state index in [1.165, 1.54) is 16.7 Å². The van der Waals surface area contributed by atoms with Gasteiger partial charge in [0, 0.05) is 36.8 Å². The van der Waals surface area contributed by atoms with Gasteiger partial charge in [-0.2, -0.15) is 0 Å². The van der Waals surface area contributed by atoms with Crippen molar-refractivity contribution in [3.8, 4) is 11.5 Å². The van der Waals surface area contributed by atoms with Crippen LogP contribution in [0.1, 0.15) is 27.8 Å². The molecule has 4 fully saturated rings. The van der Waals surface area contributed by atoms with Gasteiger partial charge in [-0.15, -0.1) is 0 Å². The lowest BCUT2D eigenvalue weighted by Gasteiger charge is -2.23. The molecular formula is C25H30N2O5. The van der Waals surface area contributed by atoms with E-state index in [-0.39, 0.29) is 18.3 Å². The Labute approximate surface area is 187 Å². The average Bonchev–Trinajstić information content (AvgIpc) is 3.62. The third-order valence-corrected chi connectivity index (χ3v) is 6.82. The van der Waals surface area contributed by atoms with E-state index >= 15 is 0 Å². The Kier molecular flexibility index (Phi) is 5.02. The number of ether oxygens (including phenoxy) is 5. The zero-order chi connectivity index (χ0) is 21.8. The van der Waals surface area contributed by atoms with E-state index in [0.717, 1.165) is 69.0 Å². The van der Waals surface area contributed by atoms with Gasteiger partial charge in [-0.1, -0.05) is 12.1 Å². The Morgan fingerprint density at radius 3 is 1.88 bits per heavy atom. The van der Waals surface area contributed by atoms with Crippen LogP contribution in [0.25, 0.3) is 0 Å². The van der Waals surface area contributed by atoms with Crippen LogP contribution in [0.5, 0.6) is 11.5 Å². The second-order valence-corrected chi connectivity index (χ2v) is 9.37. The van der Waals surface area contributed by atoms with Gasteiger partial charge in [-0.25, -0.2) is 0 Å². The first kappa shape index (κ1) is 20.3. The molecular weight excluding hydrogens is 408 g/mol. The molecule has 0 saturated carbocycles. The first-order chi connectivity index (χ1) is 15.6. The molecule has 0 amide bonds. The van der Waals surface area contributed by atoms with Crippen LogP contribution in [0.4, 0.5) is 11.4 Å². The van der Waals surface area contributed by atoms with Crippen LogP contribution in [0.3, 0.4) is 0 Å². The van der Waals surface area contributed by atoms with E-state index in [9.17, 15) is 0 Å². The summed E-state index contributed by atoms with van der Waals surface area (Å²) in [6.45, 7) is 5.21. The maximum atomic E-state index is 6.65. The van der Waals surface area contributed by atoms with Crippen LogP contribution in [0.2, 0.25) is 0 Å². The molecule has 4 aliphatic heterocycles. The largest absolute Gasteiger partial charge is 0.455 e. The van der Waals surface area contributed by atoms with Crippen molar-refractivity contribution >= 4 is 11.4 Å². The summed E-state index contributed by atoms with van der Waals surface area (Å²) in [5.41, 5.74) is 19.8. The smallest absolute Gasteiger partial charge is 0.156 e. The van der Waals surface area contributed by atoms with Crippen molar-refractivity contribution in [1.29, 1.82) is 0 Å². The lowest BCUT2D eigenvalue weighted by molar-refractivity contribution is 0.393. The Hall–Kier alpha value is -2.32. The molecule has 0 bridgehead atoms. The molecule has 4 aliphatic rings. The third-order valence-electron chi connectivity index (χ3n) is 6.82. The quantitative estimate of drug-likeness (QED) is 0.433.